The third kappa shape index (κ3) is 4.23. The summed E-state index contributed by atoms with van der Waals surface area (Å²) in [6, 6.07) is 14.6. The molecular formula is C26H22F3N3O4. The van der Waals surface area contributed by atoms with Crippen molar-refractivity contribution >= 4 is 11.6 Å². The van der Waals surface area contributed by atoms with Crippen molar-refractivity contribution in [2.24, 2.45) is 0 Å². The van der Waals surface area contributed by atoms with Gasteiger partial charge in [-0.25, -0.2) is 14.3 Å². The van der Waals surface area contributed by atoms with E-state index in [0.29, 0.717) is 33.6 Å². The van der Waals surface area contributed by atoms with Crippen LogP contribution in [-0.4, -0.2) is 33.3 Å². The van der Waals surface area contributed by atoms with E-state index in [1.165, 1.54) is 7.11 Å². The Balaban J connectivity index is 1.60. The fourth-order valence-electron chi connectivity index (χ4n) is 4.34. The SMILES string of the molecule is COc1ccccc1-c1cc(C(F)(F)F)n2ncc(C(=O)OC3CC(C)(C)Oc4ccccc43)c2n1. The monoisotopic (exact) mass is 497 g/mol. The number of methoxy groups -OCH3 is 1. The normalized spacial score (nSPS) is 16.8. The molecule has 0 spiro atoms. The minimum atomic E-state index is -4.76. The number of ether oxygens (including phenoxy) is 3. The van der Waals surface area contributed by atoms with Crippen LogP contribution in [0.2, 0.25) is 0 Å². The number of carbonyl (C=O) groups is 1. The van der Waals surface area contributed by atoms with Gasteiger partial charge in [-0.2, -0.15) is 18.3 Å². The first-order chi connectivity index (χ1) is 17.1. The van der Waals surface area contributed by atoms with Crippen molar-refractivity contribution in [2.75, 3.05) is 7.11 Å². The van der Waals surface area contributed by atoms with Crippen LogP contribution in [0.4, 0.5) is 13.2 Å². The van der Waals surface area contributed by atoms with Crippen LogP contribution in [0.1, 0.15) is 48.0 Å². The Morgan fingerprint density at radius 1 is 1.14 bits per heavy atom. The van der Waals surface area contributed by atoms with Crippen molar-refractivity contribution in [1.29, 1.82) is 0 Å². The van der Waals surface area contributed by atoms with Gasteiger partial charge in [0.05, 0.1) is 19.0 Å². The molecule has 36 heavy (non-hydrogen) atoms. The highest BCUT2D eigenvalue weighted by molar-refractivity contribution is 5.96. The second kappa shape index (κ2) is 8.54. The molecule has 10 heteroatoms. The Labute approximate surface area is 204 Å². The molecule has 1 aliphatic heterocycles. The number of carbonyl (C=O) groups excluding carboxylic acids is 1. The third-order valence-corrected chi connectivity index (χ3v) is 5.94. The van der Waals surface area contributed by atoms with Gasteiger partial charge in [-0.05, 0) is 38.1 Å². The maximum absolute atomic E-state index is 14.0. The first-order valence-electron chi connectivity index (χ1n) is 11.2. The van der Waals surface area contributed by atoms with Crippen LogP contribution < -0.4 is 9.47 Å². The topological polar surface area (TPSA) is 75.0 Å². The third-order valence-electron chi connectivity index (χ3n) is 5.94. The van der Waals surface area contributed by atoms with Crippen LogP contribution in [0.3, 0.4) is 0 Å². The molecule has 0 amide bonds. The number of aromatic nitrogens is 3. The zero-order valence-electron chi connectivity index (χ0n) is 19.7. The quantitative estimate of drug-likeness (QED) is 0.328. The summed E-state index contributed by atoms with van der Waals surface area (Å²) < 4.78 is 59.6. The lowest BCUT2D eigenvalue weighted by Gasteiger charge is -2.37. The molecule has 0 bridgehead atoms. The summed E-state index contributed by atoms with van der Waals surface area (Å²) in [5.74, 6) is 0.0924. The maximum atomic E-state index is 14.0. The van der Waals surface area contributed by atoms with E-state index in [9.17, 15) is 18.0 Å². The van der Waals surface area contributed by atoms with E-state index >= 15 is 0 Å². The van der Waals surface area contributed by atoms with Crippen molar-refractivity contribution in [3.8, 4) is 22.8 Å². The zero-order valence-corrected chi connectivity index (χ0v) is 19.7. The molecule has 0 aliphatic carbocycles. The van der Waals surface area contributed by atoms with Gasteiger partial charge in [0, 0.05) is 17.5 Å². The molecule has 1 aliphatic rings. The predicted octanol–water partition coefficient (Wildman–Crippen LogP) is 5.88. The molecule has 1 unspecified atom stereocenters. The number of fused-ring (bicyclic) bond motifs is 2. The Hall–Kier alpha value is -4.08. The summed E-state index contributed by atoms with van der Waals surface area (Å²) in [5.41, 5.74) is -1.13. The van der Waals surface area contributed by atoms with Gasteiger partial charge < -0.3 is 14.2 Å². The molecule has 2 aromatic carbocycles. The van der Waals surface area contributed by atoms with Crippen molar-refractivity contribution in [2.45, 2.75) is 38.1 Å². The van der Waals surface area contributed by atoms with Crippen LogP contribution in [0.5, 0.6) is 11.5 Å². The smallest absolute Gasteiger partial charge is 0.433 e. The van der Waals surface area contributed by atoms with Crippen molar-refractivity contribution < 1.29 is 32.2 Å². The predicted molar refractivity (Wildman–Crippen MR) is 124 cm³/mol. The largest absolute Gasteiger partial charge is 0.496 e. The second-order valence-electron chi connectivity index (χ2n) is 9.02. The summed E-state index contributed by atoms with van der Waals surface area (Å²) in [6.45, 7) is 3.74. The Kier molecular flexibility index (Phi) is 5.61. The number of hydrogen-bond donors (Lipinski definition) is 0. The highest BCUT2D eigenvalue weighted by Crippen LogP contribution is 2.42. The standard InChI is InChI=1S/C26H22F3N3O4/c1-25(2)13-21(16-9-5-7-11-20(16)36-25)35-24(33)17-14-30-32-22(26(27,28)29)12-18(31-23(17)32)15-8-4-6-10-19(15)34-3/h4-12,14,21H,13H2,1-3H3. The Morgan fingerprint density at radius 3 is 2.61 bits per heavy atom. The first kappa shape index (κ1) is 23.7. The number of para-hydroxylation sites is 2. The van der Waals surface area contributed by atoms with E-state index in [1.54, 1.807) is 42.5 Å². The second-order valence-corrected chi connectivity index (χ2v) is 9.02. The molecule has 4 aromatic rings. The summed E-state index contributed by atoms with van der Waals surface area (Å²) in [5, 5.41) is 3.83. The van der Waals surface area contributed by atoms with E-state index in [1.807, 2.05) is 19.9 Å². The van der Waals surface area contributed by atoms with Crippen LogP contribution in [-0.2, 0) is 10.9 Å². The van der Waals surface area contributed by atoms with Gasteiger partial charge in [-0.1, -0.05) is 30.3 Å². The number of hydrogen-bond acceptors (Lipinski definition) is 6. The molecule has 0 saturated carbocycles. The molecule has 186 valence electrons. The highest BCUT2D eigenvalue weighted by atomic mass is 19.4. The highest BCUT2D eigenvalue weighted by Gasteiger charge is 2.38. The van der Waals surface area contributed by atoms with Gasteiger partial charge in [0.1, 0.15) is 28.8 Å². The van der Waals surface area contributed by atoms with Gasteiger partial charge in [-0.15, -0.1) is 0 Å². The minimum absolute atomic E-state index is 0.0145. The molecule has 3 heterocycles. The number of halogens is 3. The van der Waals surface area contributed by atoms with Crippen molar-refractivity contribution in [3.63, 3.8) is 0 Å². The Morgan fingerprint density at radius 2 is 1.86 bits per heavy atom. The van der Waals surface area contributed by atoms with Crippen molar-refractivity contribution in [1.82, 2.24) is 14.6 Å². The van der Waals surface area contributed by atoms with Crippen LogP contribution in [0.15, 0.2) is 60.8 Å². The minimum Gasteiger partial charge on any atom is -0.496 e. The van der Waals surface area contributed by atoms with E-state index in [4.69, 9.17) is 14.2 Å². The number of rotatable bonds is 4. The number of alkyl halides is 3. The Bertz CT molecular complexity index is 1460. The molecule has 0 fully saturated rings. The fourth-order valence-corrected chi connectivity index (χ4v) is 4.34. The summed E-state index contributed by atoms with van der Waals surface area (Å²) in [7, 11) is 1.41. The molecular weight excluding hydrogens is 475 g/mol. The average Bonchev–Trinajstić information content (AvgIpc) is 3.26. The van der Waals surface area contributed by atoms with Crippen LogP contribution in [0, 0.1) is 0 Å². The van der Waals surface area contributed by atoms with Gasteiger partial charge in [0.2, 0.25) is 0 Å². The van der Waals surface area contributed by atoms with E-state index < -0.39 is 29.5 Å². The van der Waals surface area contributed by atoms with Gasteiger partial charge in [0.25, 0.3) is 0 Å². The average molecular weight is 497 g/mol. The van der Waals surface area contributed by atoms with Gasteiger partial charge in [0.15, 0.2) is 11.3 Å². The lowest BCUT2D eigenvalue weighted by Crippen LogP contribution is -2.36. The molecule has 5 rings (SSSR count). The fraction of sp³-hybridized carbons (Fsp3) is 0.269. The van der Waals surface area contributed by atoms with Crippen LogP contribution in [0.25, 0.3) is 16.9 Å². The lowest BCUT2D eigenvalue weighted by atomic mass is 9.91. The van der Waals surface area contributed by atoms with E-state index in [2.05, 4.69) is 10.1 Å². The summed E-state index contributed by atoms with van der Waals surface area (Å²) >= 11 is 0. The lowest BCUT2D eigenvalue weighted by molar-refractivity contribution is -0.142. The van der Waals surface area contributed by atoms with Gasteiger partial charge >= 0.3 is 12.1 Å². The number of esters is 1. The van der Waals surface area contributed by atoms with Gasteiger partial charge in [-0.3, -0.25) is 0 Å². The van der Waals surface area contributed by atoms with E-state index in [-0.39, 0.29) is 16.9 Å². The molecule has 0 radical (unpaired) electrons. The van der Waals surface area contributed by atoms with Crippen LogP contribution >= 0.6 is 0 Å². The molecule has 2 aromatic heterocycles. The van der Waals surface area contributed by atoms with Crippen molar-refractivity contribution in [3.05, 3.63) is 77.6 Å². The molecule has 0 N–H and O–H groups in total. The molecule has 0 saturated heterocycles. The summed E-state index contributed by atoms with van der Waals surface area (Å²) in [6.07, 6.45) is -4.01. The molecule has 7 nitrogen and oxygen atoms in total. The van der Waals surface area contributed by atoms with E-state index in [0.717, 1.165) is 12.3 Å². The number of benzene rings is 2. The zero-order chi connectivity index (χ0) is 25.7. The number of nitrogens with zero attached hydrogens (tertiary/aromatic N) is 3. The molecule has 1 atom stereocenters. The maximum Gasteiger partial charge on any atom is 0.433 e. The summed E-state index contributed by atoms with van der Waals surface area (Å²) in [4.78, 5) is 17.6. The first-order valence-corrected chi connectivity index (χ1v) is 11.2.